The molecule has 1 nitrogen and oxygen atoms in total. The van der Waals surface area contributed by atoms with E-state index >= 15 is 0 Å². The molecule has 3 heteroatoms. The van der Waals surface area contributed by atoms with Crippen LogP contribution in [0.15, 0.2) is 42.5 Å². The maximum Gasteiger partial charge on any atom is 0.193 e. The van der Waals surface area contributed by atoms with E-state index < -0.39 is 0 Å². The van der Waals surface area contributed by atoms with Crippen LogP contribution in [0.2, 0.25) is 5.02 Å². The monoisotopic (exact) mass is 370 g/mol. The lowest BCUT2D eigenvalue weighted by Crippen LogP contribution is -2.01. The van der Waals surface area contributed by atoms with Gasteiger partial charge >= 0.3 is 0 Å². The molecule has 0 amide bonds. The molecule has 0 spiro atoms. The van der Waals surface area contributed by atoms with Crippen molar-refractivity contribution in [3.05, 3.63) is 67.7 Å². The van der Waals surface area contributed by atoms with E-state index in [1.165, 1.54) is 5.56 Å². The number of aryl methyl sites for hydroxylation is 1. The van der Waals surface area contributed by atoms with Crippen LogP contribution in [0.5, 0.6) is 0 Å². The number of carbonyl (C=O) groups excluding carboxylic acids is 1. The number of carbonyl (C=O) groups is 1. The van der Waals surface area contributed by atoms with Crippen molar-refractivity contribution in [2.24, 2.45) is 0 Å². The van der Waals surface area contributed by atoms with E-state index in [4.69, 9.17) is 11.6 Å². The lowest BCUT2D eigenvalue weighted by molar-refractivity contribution is 0.103. The quantitative estimate of drug-likeness (QED) is 0.563. The normalized spacial score (nSPS) is 10.4. The van der Waals surface area contributed by atoms with Crippen LogP contribution >= 0.6 is 34.2 Å². The minimum Gasteiger partial charge on any atom is -0.289 e. The van der Waals surface area contributed by atoms with Crippen LogP contribution in [-0.2, 0) is 6.42 Å². The Hall–Kier alpha value is -0.870. The van der Waals surface area contributed by atoms with Gasteiger partial charge in [0.15, 0.2) is 5.78 Å². The minimum atomic E-state index is 0.0101. The van der Waals surface area contributed by atoms with Crippen LogP contribution in [0, 0.1) is 3.57 Å². The number of hydrogen-bond donors (Lipinski definition) is 0. The van der Waals surface area contributed by atoms with Gasteiger partial charge < -0.3 is 0 Å². The van der Waals surface area contributed by atoms with Crippen LogP contribution in [0.4, 0.5) is 0 Å². The van der Waals surface area contributed by atoms with E-state index in [0.29, 0.717) is 16.1 Å². The Kier molecular flexibility index (Phi) is 4.40. The first-order chi connectivity index (χ1) is 8.61. The van der Waals surface area contributed by atoms with Gasteiger partial charge in [0.1, 0.15) is 0 Å². The second-order valence-electron chi connectivity index (χ2n) is 4.01. The van der Waals surface area contributed by atoms with Crippen molar-refractivity contribution in [3.63, 3.8) is 0 Å². The number of rotatable bonds is 3. The summed E-state index contributed by atoms with van der Waals surface area (Å²) in [6, 6.07) is 13.1. The summed E-state index contributed by atoms with van der Waals surface area (Å²) in [5.74, 6) is 0.0101. The predicted molar refractivity (Wildman–Crippen MR) is 83.4 cm³/mol. The van der Waals surface area contributed by atoms with Gasteiger partial charge in [-0.1, -0.05) is 42.8 Å². The lowest BCUT2D eigenvalue weighted by Gasteiger charge is -2.04. The first-order valence-electron chi connectivity index (χ1n) is 5.70. The molecule has 2 aromatic carbocycles. The summed E-state index contributed by atoms with van der Waals surface area (Å²) in [7, 11) is 0. The fourth-order valence-corrected chi connectivity index (χ4v) is 2.21. The molecule has 0 radical (unpaired) electrons. The highest BCUT2D eigenvalue weighted by Gasteiger charge is 2.10. The summed E-state index contributed by atoms with van der Waals surface area (Å²) in [5, 5.41) is 0.617. The van der Waals surface area contributed by atoms with Gasteiger partial charge in [0.05, 0.1) is 5.02 Å². The smallest absolute Gasteiger partial charge is 0.193 e. The molecule has 0 bridgehead atoms. The van der Waals surface area contributed by atoms with Crippen molar-refractivity contribution in [2.45, 2.75) is 13.3 Å². The van der Waals surface area contributed by atoms with Crippen LogP contribution < -0.4 is 0 Å². The molecule has 0 atom stereocenters. The van der Waals surface area contributed by atoms with Gasteiger partial charge in [-0.3, -0.25) is 4.79 Å². The molecule has 0 unspecified atom stereocenters. The summed E-state index contributed by atoms with van der Waals surface area (Å²) in [6.07, 6.45) is 0.976. The van der Waals surface area contributed by atoms with Crippen molar-refractivity contribution >= 4 is 40.0 Å². The maximum atomic E-state index is 12.2. The molecular weight excluding hydrogens is 359 g/mol. The van der Waals surface area contributed by atoms with Gasteiger partial charge in [-0.25, -0.2) is 0 Å². The fourth-order valence-electron chi connectivity index (χ4n) is 1.70. The largest absolute Gasteiger partial charge is 0.289 e. The molecule has 2 aromatic rings. The standard InChI is InChI=1S/C15H12ClIO/c1-2-10-3-5-11(6-4-10)15(18)12-7-8-14(17)13(16)9-12/h3-9H,2H2,1H3. The average Bonchev–Trinajstić information content (AvgIpc) is 2.41. The number of ketones is 1. The van der Waals surface area contributed by atoms with Gasteiger partial charge in [-0.2, -0.15) is 0 Å². The Labute approximate surface area is 125 Å². The van der Waals surface area contributed by atoms with Gasteiger partial charge in [0.2, 0.25) is 0 Å². The zero-order valence-corrected chi connectivity index (χ0v) is 12.8. The third kappa shape index (κ3) is 2.93. The molecule has 2 rings (SSSR count). The molecule has 0 aliphatic rings. The molecule has 0 fully saturated rings. The van der Waals surface area contributed by atoms with Crippen LogP contribution in [0.25, 0.3) is 0 Å². The maximum absolute atomic E-state index is 12.2. The third-order valence-electron chi connectivity index (χ3n) is 2.81. The van der Waals surface area contributed by atoms with E-state index in [1.807, 2.05) is 36.4 Å². The zero-order valence-electron chi connectivity index (χ0n) is 9.91. The average molecular weight is 371 g/mol. The van der Waals surface area contributed by atoms with E-state index in [2.05, 4.69) is 29.5 Å². The van der Waals surface area contributed by atoms with E-state index in [-0.39, 0.29) is 5.78 Å². The molecule has 0 saturated carbocycles. The molecule has 0 N–H and O–H groups in total. The first-order valence-corrected chi connectivity index (χ1v) is 7.16. The number of benzene rings is 2. The summed E-state index contributed by atoms with van der Waals surface area (Å²) in [5.41, 5.74) is 2.56. The van der Waals surface area contributed by atoms with Gasteiger partial charge in [-0.15, -0.1) is 0 Å². The molecule has 0 heterocycles. The Bertz CT molecular complexity index is 576. The van der Waals surface area contributed by atoms with Crippen LogP contribution in [-0.4, -0.2) is 5.78 Å². The second kappa shape index (κ2) is 5.85. The van der Waals surface area contributed by atoms with E-state index in [0.717, 1.165) is 9.99 Å². The third-order valence-corrected chi connectivity index (χ3v) is 4.38. The van der Waals surface area contributed by atoms with Gasteiger partial charge in [0.25, 0.3) is 0 Å². The topological polar surface area (TPSA) is 17.1 Å². The van der Waals surface area contributed by atoms with Crippen molar-refractivity contribution < 1.29 is 4.79 Å². The summed E-state index contributed by atoms with van der Waals surface area (Å²) in [6.45, 7) is 2.09. The molecule has 0 saturated heterocycles. The summed E-state index contributed by atoms with van der Waals surface area (Å²) >= 11 is 8.18. The molecule has 0 aliphatic heterocycles. The molecule has 18 heavy (non-hydrogen) atoms. The summed E-state index contributed by atoms with van der Waals surface area (Å²) in [4.78, 5) is 12.2. The summed E-state index contributed by atoms with van der Waals surface area (Å²) < 4.78 is 0.951. The Morgan fingerprint density at radius 1 is 1.11 bits per heavy atom. The van der Waals surface area contributed by atoms with Gasteiger partial charge in [-0.05, 0) is 52.8 Å². The number of hydrogen-bond acceptors (Lipinski definition) is 1. The highest BCUT2D eigenvalue weighted by atomic mass is 127. The molecule has 92 valence electrons. The predicted octanol–water partition coefficient (Wildman–Crippen LogP) is 4.74. The Morgan fingerprint density at radius 2 is 1.72 bits per heavy atom. The first kappa shape index (κ1) is 13.6. The SMILES string of the molecule is CCc1ccc(C(=O)c2ccc(I)c(Cl)c2)cc1. The lowest BCUT2D eigenvalue weighted by atomic mass is 10.0. The molecule has 0 aromatic heterocycles. The van der Waals surface area contributed by atoms with E-state index in [9.17, 15) is 4.79 Å². The number of halogens is 2. The van der Waals surface area contributed by atoms with Crippen molar-refractivity contribution in [1.29, 1.82) is 0 Å². The Morgan fingerprint density at radius 3 is 2.28 bits per heavy atom. The highest BCUT2D eigenvalue weighted by molar-refractivity contribution is 14.1. The second-order valence-corrected chi connectivity index (χ2v) is 5.58. The van der Waals surface area contributed by atoms with Crippen molar-refractivity contribution in [2.75, 3.05) is 0 Å². The minimum absolute atomic E-state index is 0.0101. The van der Waals surface area contributed by atoms with Crippen molar-refractivity contribution in [1.82, 2.24) is 0 Å². The van der Waals surface area contributed by atoms with E-state index in [1.54, 1.807) is 6.07 Å². The Balaban J connectivity index is 2.32. The molecule has 0 aliphatic carbocycles. The zero-order chi connectivity index (χ0) is 13.1. The van der Waals surface area contributed by atoms with Crippen LogP contribution in [0.1, 0.15) is 28.4 Å². The molecular formula is C15H12ClIO. The van der Waals surface area contributed by atoms with Gasteiger partial charge in [0, 0.05) is 14.7 Å². The van der Waals surface area contributed by atoms with Crippen molar-refractivity contribution in [3.8, 4) is 0 Å². The fraction of sp³-hybridized carbons (Fsp3) is 0.133. The highest BCUT2D eigenvalue weighted by Crippen LogP contribution is 2.21. The van der Waals surface area contributed by atoms with Crippen LogP contribution in [0.3, 0.4) is 0 Å².